The Bertz CT molecular complexity index is 366. The summed E-state index contributed by atoms with van der Waals surface area (Å²) in [7, 11) is 0. The molecule has 0 fully saturated rings. The summed E-state index contributed by atoms with van der Waals surface area (Å²) < 4.78 is 13.2. The molecule has 2 nitrogen and oxygen atoms in total. The van der Waals surface area contributed by atoms with Crippen molar-refractivity contribution in [1.82, 2.24) is 5.43 Å². The van der Waals surface area contributed by atoms with Crippen molar-refractivity contribution in [1.29, 1.82) is 0 Å². The second kappa shape index (κ2) is 9.05. The normalized spacial score (nSPS) is 12.6. The first kappa shape index (κ1) is 16.1. The van der Waals surface area contributed by atoms with E-state index in [1.165, 1.54) is 38.2 Å². The molecule has 0 saturated carbocycles. The molecule has 0 radical (unpaired) electrons. The first-order valence-corrected chi connectivity index (χ1v) is 7.38. The van der Waals surface area contributed by atoms with Gasteiger partial charge in [-0.15, -0.1) is 0 Å². The van der Waals surface area contributed by atoms with Gasteiger partial charge in [0.1, 0.15) is 5.82 Å². The molecule has 1 aromatic carbocycles. The summed E-state index contributed by atoms with van der Waals surface area (Å²) >= 11 is 0. The number of benzene rings is 1. The SMILES string of the molecule is CCCCCCCC(Cc1cc(F)ccc1C)NN. The zero-order valence-corrected chi connectivity index (χ0v) is 12.2. The maximum Gasteiger partial charge on any atom is 0.123 e. The predicted octanol–water partition coefficient (Wildman–Crippen LogP) is 3.87. The third-order valence-electron chi connectivity index (χ3n) is 3.67. The first-order chi connectivity index (χ1) is 9.17. The van der Waals surface area contributed by atoms with E-state index in [4.69, 9.17) is 5.84 Å². The van der Waals surface area contributed by atoms with Crippen LogP contribution >= 0.6 is 0 Å². The highest BCUT2D eigenvalue weighted by Crippen LogP contribution is 2.15. The molecule has 108 valence electrons. The minimum Gasteiger partial charge on any atom is -0.271 e. The summed E-state index contributed by atoms with van der Waals surface area (Å²) in [5, 5.41) is 0. The highest BCUT2D eigenvalue weighted by molar-refractivity contribution is 5.27. The average Bonchev–Trinajstić information content (AvgIpc) is 2.41. The molecule has 0 spiro atoms. The summed E-state index contributed by atoms with van der Waals surface area (Å²) in [4.78, 5) is 0. The van der Waals surface area contributed by atoms with Crippen molar-refractivity contribution in [2.45, 2.75) is 64.8 Å². The van der Waals surface area contributed by atoms with Crippen LogP contribution in [0.25, 0.3) is 0 Å². The molecule has 1 atom stereocenters. The van der Waals surface area contributed by atoms with Crippen molar-refractivity contribution < 1.29 is 4.39 Å². The van der Waals surface area contributed by atoms with Gasteiger partial charge in [-0.25, -0.2) is 4.39 Å². The molecule has 19 heavy (non-hydrogen) atoms. The number of nitrogens with two attached hydrogens (primary N) is 1. The number of aryl methyl sites for hydroxylation is 1. The van der Waals surface area contributed by atoms with Crippen LogP contribution in [0.3, 0.4) is 0 Å². The van der Waals surface area contributed by atoms with Gasteiger partial charge in [0.2, 0.25) is 0 Å². The van der Waals surface area contributed by atoms with Gasteiger partial charge < -0.3 is 0 Å². The Morgan fingerprint density at radius 3 is 2.63 bits per heavy atom. The summed E-state index contributed by atoms with van der Waals surface area (Å²) in [6.45, 7) is 4.24. The summed E-state index contributed by atoms with van der Waals surface area (Å²) in [6.07, 6.45) is 8.17. The second-order valence-electron chi connectivity index (χ2n) is 5.34. The lowest BCUT2D eigenvalue weighted by Crippen LogP contribution is -2.36. The topological polar surface area (TPSA) is 38.0 Å². The van der Waals surface area contributed by atoms with E-state index in [1.54, 1.807) is 6.07 Å². The van der Waals surface area contributed by atoms with E-state index < -0.39 is 0 Å². The highest BCUT2D eigenvalue weighted by atomic mass is 19.1. The second-order valence-corrected chi connectivity index (χ2v) is 5.34. The van der Waals surface area contributed by atoms with Gasteiger partial charge in [-0.05, 0) is 43.0 Å². The molecule has 0 aliphatic heterocycles. The van der Waals surface area contributed by atoms with E-state index in [0.717, 1.165) is 24.0 Å². The van der Waals surface area contributed by atoms with Crippen LogP contribution in [0.15, 0.2) is 18.2 Å². The van der Waals surface area contributed by atoms with Gasteiger partial charge in [0.25, 0.3) is 0 Å². The fraction of sp³-hybridized carbons (Fsp3) is 0.625. The summed E-state index contributed by atoms with van der Waals surface area (Å²) in [5.74, 6) is 5.44. The Kier molecular flexibility index (Phi) is 7.68. The lowest BCUT2D eigenvalue weighted by molar-refractivity contribution is 0.459. The third kappa shape index (κ3) is 6.17. The number of unbranched alkanes of at least 4 members (excludes halogenated alkanes) is 4. The van der Waals surface area contributed by atoms with E-state index in [0.29, 0.717) is 0 Å². The fourth-order valence-corrected chi connectivity index (χ4v) is 2.36. The van der Waals surface area contributed by atoms with Gasteiger partial charge in [0, 0.05) is 6.04 Å². The Balaban J connectivity index is 2.41. The van der Waals surface area contributed by atoms with Crippen molar-refractivity contribution in [2.24, 2.45) is 5.84 Å². The van der Waals surface area contributed by atoms with E-state index in [2.05, 4.69) is 12.3 Å². The van der Waals surface area contributed by atoms with Crippen molar-refractivity contribution in [2.75, 3.05) is 0 Å². The van der Waals surface area contributed by atoms with Crippen LogP contribution in [0.2, 0.25) is 0 Å². The van der Waals surface area contributed by atoms with Crippen molar-refractivity contribution in [3.05, 3.63) is 35.1 Å². The number of hydrogen-bond donors (Lipinski definition) is 2. The van der Waals surface area contributed by atoms with Gasteiger partial charge in [0.15, 0.2) is 0 Å². The molecule has 1 aromatic rings. The highest BCUT2D eigenvalue weighted by Gasteiger charge is 2.10. The molecule has 1 unspecified atom stereocenters. The van der Waals surface area contributed by atoms with Crippen molar-refractivity contribution in [3.8, 4) is 0 Å². The lowest BCUT2D eigenvalue weighted by atomic mass is 9.97. The minimum atomic E-state index is -0.167. The molecule has 0 saturated heterocycles. The van der Waals surface area contributed by atoms with Crippen LogP contribution in [-0.4, -0.2) is 6.04 Å². The largest absolute Gasteiger partial charge is 0.271 e. The summed E-state index contributed by atoms with van der Waals surface area (Å²) in [5.41, 5.74) is 5.05. The maximum absolute atomic E-state index is 13.2. The predicted molar refractivity (Wildman–Crippen MR) is 79.3 cm³/mol. The van der Waals surface area contributed by atoms with Crippen molar-refractivity contribution >= 4 is 0 Å². The molecular weight excluding hydrogens is 239 g/mol. The van der Waals surface area contributed by atoms with Crippen LogP contribution in [0.5, 0.6) is 0 Å². The fourth-order valence-electron chi connectivity index (χ4n) is 2.36. The quantitative estimate of drug-likeness (QED) is 0.404. The van der Waals surface area contributed by atoms with Gasteiger partial charge in [-0.1, -0.05) is 45.1 Å². The Morgan fingerprint density at radius 1 is 1.21 bits per heavy atom. The molecule has 0 aliphatic carbocycles. The zero-order valence-electron chi connectivity index (χ0n) is 12.2. The molecule has 0 amide bonds. The number of halogens is 1. The van der Waals surface area contributed by atoms with Gasteiger partial charge >= 0.3 is 0 Å². The van der Waals surface area contributed by atoms with Gasteiger partial charge in [-0.2, -0.15) is 0 Å². The van der Waals surface area contributed by atoms with Crippen LogP contribution in [0, 0.1) is 12.7 Å². The number of hydrazine groups is 1. The van der Waals surface area contributed by atoms with E-state index in [1.807, 2.05) is 13.0 Å². The maximum atomic E-state index is 13.2. The zero-order chi connectivity index (χ0) is 14.1. The van der Waals surface area contributed by atoms with Crippen LogP contribution < -0.4 is 11.3 Å². The van der Waals surface area contributed by atoms with Gasteiger partial charge in [0.05, 0.1) is 0 Å². The van der Waals surface area contributed by atoms with E-state index >= 15 is 0 Å². The molecule has 1 rings (SSSR count). The first-order valence-electron chi connectivity index (χ1n) is 7.38. The molecule has 0 heterocycles. The number of hydrogen-bond acceptors (Lipinski definition) is 2. The van der Waals surface area contributed by atoms with Crippen LogP contribution in [-0.2, 0) is 6.42 Å². The monoisotopic (exact) mass is 266 g/mol. The molecule has 0 bridgehead atoms. The van der Waals surface area contributed by atoms with E-state index in [9.17, 15) is 4.39 Å². The Labute approximate surface area is 116 Å². The van der Waals surface area contributed by atoms with Crippen LogP contribution in [0.1, 0.15) is 56.6 Å². The lowest BCUT2D eigenvalue weighted by Gasteiger charge is -2.17. The van der Waals surface area contributed by atoms with Crippen LogP contribution in [0.4, 0.5) is 4.39 Å². The summed E-state index contributed by atoms with van der Waals surface area (Å²) in [6, 6.07) is 5.20. The molecule has 3 heteroatoms. The van der Waals surface area contributed by atoms with Crippen molar-refractivity contribution in [3.63, 3.8) is 0 Å². The Hall–Kier alpha value is -0.930. The minimum absolute atomic E-state index is 0.167. The molecule has 0 aromatic heterocycles. The van der Waals surface area contributed by atoms with Gasteiger partial charge in [-0.3, -0.25) is 11.3 Å². The molecule has 0 aliphatic rings. The Morgan fingerprint density at radius 2 is 1.95 bits per heavy atom. The number of rotatable bonds is 9. The average molecular weight is 266 g/mol. The molecular formula is C16H27FN2. The standard InChI is InChI=1S/C16H27FN2/c1-3-4-5-6-7-8-16(19-18)12-14-11-15(17)10-9-13(14)2/h9-11,16,19H,3-8,12,18H2,1-2H3. The number of nitrogens with one attached hydrogen (secondary N) is 1. The van der Waals surface area contributed by atoms with E-state index in [-0.39, 0.29) is 11.9 Å². The third-order valence-corrected chi connectivity index (χ3v) is 3.67. The smallest absolute Gasteiger partial charge is 0.123 e. The molecule has 3 N–H and O–H groups in total.